The van der Waals surface area contributed by atoms with Crippen LogP contribution in [0.25, 0.3) is 11.1 Å². The van der Waals surface area contributed by atoms with Crippen molar-refractivity contribution in [1.29, 1.82) is 5.41 Å². The van der Waals surface area contributed by atoms with Crippen molar-refractivity contribution in [2.75, 3.05) is 19.0 Å². The molecule has 0 aliphatic carbocycles. The second-order valence-corrected chi connectivity index (χ2v) is 10.9. The smallest absolute Gasteiger partial charge is 0.475 e. The number of ether oxygens (including phenoxy) is 1. The lowest BCUT2D eigenvalue weighted by molar-refractivity contribution is -0.192. The molecule has 0 bridgehead atoms. The SMILES string of the molecule is COCCC1(C(=O)Nc2ccc(-c3ccccc3S(N)(=O)=O)cc2)CC(c2cccc(C(=N)N)c2)=NO1.O=C(O)C(F)(F)F. The van der Waals surface area contributed by atoms with Gasteiger partial charge in [0.2, 0.25) is 15.6 Å². The summed E-state index contributed by atoms with van der Waals surface area (Å²) in [5.41, 5.74) is 7.71. The minimum Gasteiger partial charge on any atom is -0.475 e. The summed E-state index contributed by atoms with van der Waals surface area (Å²) in [6, 6.07) is 20.2. The predicted octanol–water partition coefficient (Wildman–Crippen LogP) is 3.46. The number of alkyl halides is 3. The number of carboxylic acid groups (broad SMARTS) is 1. The molecule has 0 radical (unpaired) electrons. The second-order valence-electron chi connectivity index (χ2n) is 9.41. The van der Waals surface area contributed by atoms with Crippen LogP contribution in [0.3, 0.4) is 0 Å². The Hall–Kier alpha value is -4.80. The van der Waals surface area contributed by atoms with Crippen LogP contribution >= 0.6 is 0 Å². The molecule has 1 atom stereocenters. The van der Waals surface area contributed by atoms with Gasteiger partial charge in [0.25, 0.3) is 5.91 Å². The Bertz CT molecular complexity index is 1680. The van der Waals surface area contributed by atoms with E-state index < -0.39 is 33.7 Å². The molecule has 3 aromatic carbocycles. The first kappa shape index (κ1) is 33.7. The van der Waals surface area contributed by atoms with Crippen molar-refractivity contribution < 1.29 is 45.9 Å². The molecule has 234 valence electrons. The number of nitrogens with two attached hydrogens (primary N) is 2. The number of carbonyl (C=O) groups is 2. The van der Waals surface area contributed by atoms with Crippen LogP contribution in [-0.4, -0.2) is 62.4 Å². The van der Waals surface area contributed by atoms with Crippen LogP contribution in [0.4, 0.5) is 18.9 Å². The van der Waals surface area contributed by atoms with Gasteiger partial charge in [-0.3, -0.25) is 10.2 Å². The number of methoxy groups -OCH3 is 1. The molecule has 4 rings (SSSR count). The van der Waals surface area contributed by atoms with Crippen LogP contribution in [0.15, 0.2) is 82.8 Å². The highest BCUT2D eigenvalue weighted by Gasteiger charge is 2.46. The summed E-state index contributed by atoms with van der Waals surface area (Å²) < 4.78 is 60.9. The van der Waals surface area contributed by atoms with Crippen molar-refractivity contribution in [1.82, 2.24) is 0 Å². The summed E-state index contributed by atoms with van der Waals surface area (Å²) in [5.74, 6) is -3.23. The van der Waals surface area contributed by atoms with Crippen LogP contribution in [0.5, 0.6) is 0 Å². The topological polar surface area (TPSA) is 207 Å². The number of nitrogens with one attached hydrogen (secondary N) is 2. The minimum absolute atomic E-state index is 0.0168. The fourth-order valence-electron chi connectivity index (χ4n) is 4.07. The van der Waals surface area contributed by atoms with E-state index in [4.69, 9.17) is 35.8 Å². The number of hydrogen-bond acceptors (Lipinski definition) is 8. The van der Waals surface area contributed by atoms with Gasteiger partial charge in [0.15, 0.2) is 0 Å². The fourth-order valence-corrected chi connectivity index (χ4v) is 4.83. The van der Waals surface area contributed by atoms with Crippen molar-refractivity contribution in [3.05, 3.63) is 83.9 Å². The summed E-state index contributed by atoms with van der Waals surface area (Å²) >= 11 is 0. The molecule has 0 aromatic heterocycles. The first-order chi connectivity index (χ1) is 20.6. The molecule has 7 N–H and O–H groups in total. The van der Waals surface area contributed by atoms with Gasteiger partial charge in [-0.15, -0.1) is 0 Å². The van der Waals surface area contributed by atoms with Crippen molar-refractivity contribution in [2.45, 2.75) is 29.5 Å². The Kier molecular flexibility index (Phi) is 10.5. The molecule has 1 aliphatic heterocycles. The standard InChI is InChI=1S/C26H27N5O5S.C2HF3O2/c1-35-14-13-26(16-22(31-36-26)18-5-4-6-19(15-18)24(27)28)25(32)30-20-11-9-17(10-12-20)21-7-2-3-8-23(21)37(29,33)34;3-2(4,5)1(6)7/h2-12,15H,13-14,16H2,1H3,(H3,27,28)(H,30,32)(H2,29,33,34);(H,6,7). The largest absolute Gasteiger partial charge is 0.490 e. The number of aliphatic carboxylic acids is 1. The van der Waals surface area contributed by atoms with Gasteiger partial charge in [0, 0.05) is 42.3 Å². The van der Waals surface area contributed by atoms with Gasteiger partial charge in [-0.05, 0) is 29.8 Å². The Morgan fingerprint density at radius 1 is 1.09 bits per heavy atom. The minimum atomic E-state index is -5.08. The molecule has 1 aliphatic rings. The van der Waals surface area contributed by atoms with E-state index in [1.165, 1.54) is 13.2 Å². The molecule has 1 amide bonds. The number of carbonyl (C=O) groups excluding carboxylic acids is 1. The molecule has 12 nitrogen and oxygen atoms in total. The highest BCUT2D eigenvalue weighted by atomic mass is 32.2. The Labute approximate surface area is 250 Å². The number of anilines is 1. The maximum atomic E-state index is 13.4. The number of carboxylic acids is 1. The zero-order chi connectivity index (χ0) is 32.7. The highest BCUT2D eigenvalue weighted by Crippen LogP contribution is 2.33. The third-order valence-corrected chi connectivity index (χ3v) is 7.27. The quantitative estimate of drug-likeness (QED) is 0.173. The number of hydrogen-bond donors (Lipinski definition) is 5. The summed E-state index contributed by atoms with van der Waals surface area (Å²) in [6.45, 7) is 0.271. The number of primary sulfonamides is 1. The Balaban J connectivity index is 0.000000676. The number of amides is 1. The molecule has 3 aromatic rings. The van der Waals surface area contributed by atoms with E-state index in [2.05, 4.69) is 10.5 Å². The molecule has 0 fully saturated rings. The number of halogens is 3. The number of amidine groups is 1. The van der Waals surface area contributed by atoms with E-state index in [-0.39, 0.29) is 30.2 Å². The molecule has 0 saturated heterocycles. The van der Waals surface area contributed by atoms with Crippen molar-refractivity contribution >= 4 is 39.1 Å². The summed E-state index contributed by atoms with van der Waals surface area (Å²) in [4.78, 5) is 28.1. The zero-order valence-corrected chi connectivity index (χ0v) is 23.9. The fraction of sp³-hybridized carbons (Fsp3) is 0.214. The lowest BCUT2D eigenvalue weighted by Crippen LogP contribution is -2.44. The first-order valence-corrected chi connectivity index (χ1v) is 14.1. The maximum absolute atomic E-state index is 13.4. The van der Waals surface area contributed by atoms with Crippen molar-refractivity contribution in [3.63, 3.8) is 0 Å². The van der Waals surface area contributed by atoms with Gasteiger partial charge in [0.05, 0.1) is 17.2 Å². The van der Waals surface area contributed by atoms with E-state index >= 15 is 0 Å². The number of rotatable bonds is 9. The number of sulfonamides is 1. The molecule has 1 unspecified atom stereocenters. The normalized spacial score (nSPS) is 16.2. The third-order valence-electron chi connectivity index (χ3n) is 6.30. The average molecular weight is 636 g/mol. The molecule has 44 heavy (non-hydrogen) atoms. The van der Waals surface area contributed by atoms with E-state index in [0.717, 1.165) is 0 Å². The van der Waals surface area contributed by atoms with Gasteiger partial charge in [-0.25, -0.2) is 18.4 Å². The molecule has 16 heteroatoms. The predicted molar refractivity (Wildman–Crippen MR) is 154 cm³/mol. The first-order valence-electron chi connectivity index (χ1n) is 12.6. The van der Waals surface area contributed by atoms with Crippen LogP contribution in [0, 0.1) is 5.41 Å². The average Bonchev–Trinajstić information content (AvgIpc) is 3.42. The zero-order valence-electron chi connectivity index (χ0n) is 23.1. The van der Waals surface area contributed by atoms with Gasteiger partial charge in [-0.1, -0.05) is 53.7 Å². The monoisotopic (exact) mass is 635 g/mol. The van der Waals surface area contributed by atoms with E-state index in [1.807, 2.05) is 6.07 Å². The lowest BCUT2D eigenvalue weighted by atomic mass is 9.89. The van der Waals surface area contributed by atoms with E-state index in [1.54, 1.807) is 60.7 Å². The summed E-state index contributed by atoms with van der Waals surface area (Å²) in [5, 5.41) is 27.2. The van der Waals surface area contributed by atoms with Gasteiger partial charge >= 0.3 is 12.1 Å². The molecular weight excluding hydrogens is 607 g/mol. The highest BCUT2D eigenvalue weighted by molar-refractivity contribution is 7.89. The molecule has 0 saturated carbocycles. The van der Waals surface area contributed by atoms with Crippen LogP contribution < -0.4 is 16.2 Å². The van der Waals surface area contributed by atoms with E-state index in [0.29, 0.717) is 33.7 Å². The number of oxime groups is 1. The molecule has 0 spiro atoms. The lowest BCUT2D eigenvalue weighted by Gasteiger charge is -2.25. The van der Waals surface area contributed by atoms with Gasteiger partial charge < -0.3 is 25.7 Å². The Morgan fingerprint density at radius 3 is 2.30 bits per heavy atom. The molecular formula is C28H28F3N5O7S. The molecule has 1 heterocycles. The van der Waals surface area contributed by atoms with Crippen LogP contribution in [0.2, 0.25) is 0 Å². The van der Waals surface area contributed by atoms with Crippen LogP contribution in [0.1, 0.15) is 24.0 Å². The summed E-state index contributed by atoms with van der Waals surface area (Å²) in [6.07, 6.45) is -4.63. The number of nitrogens with zero attached hydrogens (tertiary/aromatic N) is 1. The maximum Gasteiger partial charge on any atom is 0.490 e. The van der Waals surface area contributed by atoms with Gasteiger partial charge in [-0.2, -0.15) is 13.2 Å². The van der Waals surface area contributed by atoms with Crippen LogP contribution in [-0.2, 0) is 29.2 Å². The second kappa shape index (κ2) is 13.7. The summed E-state index contributed by atoms with van der Waals surface area (Å²) in [7, 11) is -2.37. The van der Waals surface area contributed by atoms with Crippen molar-refractivity contribution in [2.24, 2.45) is 16.0 Å². The number of benzene rings is 3. The van der Waals surface area contributed by atoms with Crippen molar-refractivity contribution in [3.8, 4) is 11.1 Å². The number of nitrogen functional groups attached to an aromatic ring is 1. The Morgan fingerprint density at radius 2 is 1.73 bits per heavy atom. The third kappa shape index (κ3) is 8.40. The van der Waals surface area contributed by atoms with Gasteiger partial charge in [0.1, 0.15) is 5.84 Å². The van der Waals surface area contributed by atoms with E-state index in [9.17, 15) is 26.4 Å².